The van der Waals surface area contributed by atoms with Crippen LogP contribution in [0.5, 0.6) is 0 Å². The molecule has 0 amide bonds. The number of carbonyl (C=O) groups is 1. The second kappa shape index (κ2) is 5.38. The minimum absolute atomic E-state index is 0.254. The molecule has 18 heavy (non-hydrogen) atoms. The van der Waals surface area contributed by atoms with E-state index in [9.17, 15) is 13.2 Å². The van der Waals surface area contributed by atoms with E-state index in [1.807, 2.05) is 0 Å². The normalized spacial score (nSPS) is 32.8. The van der Waals surface area contributed by atoms with Crippen LogP contribution in [0.25, 0.3) is 0 Å². The molecule has 0 aromatic carbocycles. The minimum Gasteiger partial charge on any atom is -0.481 e. The zero-order valence-electron chi connectivity index (χ0n) is 10.1. The molecule has 0 saturated carbocycles. The highest BCUT2D eigenvalue weighted by molar-refractivity contribution is 7.99. The Hall–Kier alpha value is -0.270. The largest absolute Gasteiger partial charge is 0.481 e. The number of rotatable bonds is 4. The number of hydrogen-bond donors (Lipinski definition) is 1. The van der Waals surface area contributed by atoms with Gasteiger partial charge in [-0.05, 0) is 25.0 Å². The fourth-order valence-corrected chi connectivity index (χ4v) is 5.73. The standard InChI is InChI=1S/C11H18O5S2/c12-10(13)2-6-18(14,15)9-1-4-16-11(7-9)3-5-17-8-11/h9H,1-8H2,(H,12,13). The number of aliphatic carboxylic acids is 1. The van der Waals surface area contributed by atoms with E-state index in [1.165, 1.54) is 0 Å². The van der Waals surface area contributed by atoms with Crippen molar-refractivity contribution in [1.82, 2.24) is 0 Å². The van der Waals surface area contributed by atoms with E-state index in [4.69, 9.17) is 9.84 Å². The molecule has 2 atom stereocenters. The van der Waals surface area contributed by atoms with Gasteiger partial charge in [0.25, 0.3) is 0 Å². The second-order valence-electron chi connectivity index (χ2n) is 4.96. The lowest BCUT2D eigenvalue weighted by atomic mass is 9.93. The van der Waals surface area contributed by atoms with E-state index in [0.717, 1.165) is 17.9 Å². The number of carboxylic acid groups (broad SMARTS) is 1. The molecule has 2 unspecified atom stereocenters. The van der Waals surface area contributed by atoms with Crippen molar-refractivity contribution >= 4 is 27.6 Å². The summed E-state index contributed by atoms with van der Waals surface area (Å²) in [5.74, 6) is 0.563. The molecule has 0 bridgehead atoms. The lowest BCUT2D eigenvalue weighted by Gasteiger charge is -2.37. The molecule has 2 fully saturated rings. The Balaban J connectivity index is 2.01. The van der Waals surface area contributed by atoms with E-state index in [0.29, 0.717) is 19.4 Å². The average Bonchev–Trinajstić information content (AvgIpc) is 2.75. The molecule has 2 heterocycles. The number of carboxylic acids is 1. The van der Waals surface area contributed by atoms with Crippen molar-refractivity contribution in [2.75, 3.05) is 23.9 Å². The second-order valence-corrected chi connectivity index (χ2v) is 8.47. The number of sulfone groups is 1. The molecule has 0 radical (unpaired) electrons. The predicted octanol–water partition coefficient (Wildman–Crippen LogP) is 0.931. The summed E-state index contributed by atoms with van der Waals surface area (Å²) in [5, 5.41) is 8.16. The van der Waals surface area contributed by atoms with Gasteiger partial charge >= 0.3 is 5.97 Å². The maximum Gasteiger partial charge on any atom is 0.304 e. The van der Waals surface area contributed by atoms with Crippen LogP contribution >= 0.6 is 11.8 Å². The molecule has 1 spiro atoms. The van der Waals surface area contributed by atoms with E-state index < -0.39 is 21.1 Å². The van der Waals surface area contributed by atoms with Crippen molar-refractivity contribution < 1.29 is 23.1 Å². The van der Waals surface area contributed by atoms with E-state index in [2.05, 4.69) is 0 Å². The van der Waals surface area contributed by atoms with Gasteiger partial charge in [0, 0.05) is 12.4 Å². The molecular weight excluding hydrogens is 276 g/mol. The predicted molar refractivity (Wildman–Crippen MR) is 69.7 cm³/mol. The lowest BCUT2D eigenvalue weighted by molar-refractivity contribution is -0.136. The molecule has 2 rings (SSSR count). The molecule has 2 aliphatic rings. The molecule has 5 nitrogen and oxygen atoms in total. The van der Waals surface area contributed by atoms with Gasteiger partial charge in [0.15, 0.2) is 9.84 Å². The average molecular weight is 294 g/mol. The topological polar surface area (TPSA) is 80.7 Å². The Morgan fingerprint density at radius 1 is 1.50 bits per heavy atom. The summed E-state index contributed by atoms with van der Waals surface area (Å²) in [6, 6.07) is 0. The van der Waals surface area contributed by atoms with Crippen LogP contribution in [-0.4, -0.2) is 54.2 Å². The Morgan fingerprint density at radius 2 is 2.28 bits per heavy atom. The summed E-state index contributed by atoms with van der Waals surface area (Å²) in [5.41, 5.74) is -0.274. The lowest BCUT2D eigenvalue weighted by Crippen LogP contribution is -2.45. The maximum absolute atomic E-state index is 12.1. The fraction of sp³-hybridized carbons (Fsp3) is 0.909. The zero-order chi connectivity index (χ0) is 13.2. The number of hydrogen-bond acceptors (Lipinski definition) is 5. The Labute approximate surface area is 111 Å². The van der Waals surface area contributed by atoms with Crippen LogP contribution in [0.4, 0.5) is 0 Å². The zero-order valence-corrected chi connectivity index (χ0v) is 11.8. The molecule has 104 valence electrons. The minimum atomic E-state index is -3.31. The first-order valence-electron chi connectivity index (χ1n) is 6.09. The molecular formula is C11H18O5S2. The first kappa shape index (κ1) is 14.1. The highest BCUT2D eigenvalue weighted by atomic mass is 32.2. The summed E-state index contributed by atoms with van der Waals surface area (Å²) in [6.45, 7) is 0.470. The third-order valence-electron chi connectivity index (χ3n) is 3.62. The highest BCUT2D eigenvalue weighted by Crippen LogP contribution is 2.40. The van der Waals surface area contributed by atoms with Gasteiger partial charge in [-0.25, -0.2) is 8.42 Å². The molecule has 2 saturated heterocycles. The van der Waals surface area contributed by atoms with Crippen LogP contribution in [-0.2, 0) is 19.4 Å². The monoisotopic (exact) mass is 294 g/mol. The van der Waals surface area contributed by atoms with Gasteiger partial charge in [0.05, 0.1) is 23.0 Å². The number of thioether (sulfide) groups is 1. The third-order valence-corrected chi connectivity index (χ3v) is 7.04. The van der Waals surface area contributed by atoms with Crippen LogP contribution in [0.3, 0.4) is 0 Å². The van der Waals surface area contributed by atoms with Crippen LogP contribution in [0.15, 0.2) is 0 Å². The van der Waals surface area contributed by atoms with E-state index in [-0.39, 0.29) is 17.8 Å². The van der Waals surface area contributed by atoms with Gasteiger partial charge in [0.2, 0.25) is 0 Å². The number of ether oxygens (including phenoxy) is 1. The van der Waals surface area contributed by atoms with Gasteiger partial charge < -0.3 is 9.84 Å². The first-order valence-corrected chi connectivity index (χ1v) is 8.96. The molecule has 7 heteroatoms. The molecule has 1 N–H and O–H groups in total. The smallest absolute Gasteiger partial charge is 0.304 e. The van der Waals surface area contributed by atoms with Crippen LogP contribution in [0.2, 0.25) is 0 Å². The Bertz CT molecular complexity index is 411. The van der Waals surface area contributed by atoms with Crippen LogP contribution < -0.4 is 0 Å². The SMILES string of the molecule is O=C(O)CCS(=O)(=O)C1CCOC2(CCSC2)C1. The Kier molecular flexibility index (Phi) is 4.23. The van der Waals surface area contributed by atoms with E-state index >= 15 is 0 Å². The van der Waals surface area contributed by atoms with Gasteiger partial charge in [0.1, 0.15) is 0 Å². The maximum atomic E-state index is 12.1. The van der Waals surface area contributed by atoms with Crippen molar-refractivity contribution in [3.63, 3.8) is 0 Å². The van der Waals surface area contributed by atoms with Crippen molar-refractivity contribution in [3.8, 4) is 0 Å². The summed E-state index contributed by atoms with van der Waals surface area (Å²) in [6.07, 6.45) is 1.63. The van der Waals surface area contributed by atoms with Gasteiger partial charge in [-0.1, -0.05) is 0 Å². The summed E-state index contributed by atoms with van der Waals surface area (Å²) in [7, 11) is -3.31. The Morgan fingerprint density at radius 3 is 2.89 bits per heavy atom. The van der Waals surface area contributed by atoms with Crippen LogP contribution in [0.1, 0.15) is 25.7 Å². The van der Waals surface area contributed by atoms with Crippen molar-refractivity contribution in [3.05, 3.63) is 0 Å². The molecule has 0 aromatic rings. The molecule has 2 aliphatic heterocycles. The quantitative estimate of drug-likeness (QED) is 0.831. The van der Waals surface area contributed by atoms with Crippen molar-refractivity contribution in [1.29, 1.82) is 0 Å². The summed E-state index contributed by atoms with van der Waals surface area (Å²) in [4.78, 5) is 10.5. The van der Waals surface area contributed by atoms with Crippen LogP contribution in [0, 0.1) is 0 Å². The van der Waals surface area contributed by atoms with Crippen molar-refractivity contribution in [2.24, 2.45) is 0 Å². The third kappa shape index (κ3) is 3.19. The van der Waals surface area contributed by atoms with Gasteiger partial charge in [-0.3, -0.25) is 4.79 Å². The van der Waals surface area contributed by atoms with Crippen molar-refractivity contribution in [2.45, 2.75) is 36.5 Å². The van der Waals surface area contributed by atoms with Gasteiger partial charge in [-0.2, -0.15) is 11.8 Å². The first-order chi connectivity index (χ1) is 8.44. The van der Waals surface area contributed by atoms with Gasteiger partial charge in [-0.15, -0.1) is 0 Å². The summed E-state index contributed by atoms with van der Waals surface area (Å²) < 4.78 is 30.0. The molecule has 0 aliphatic carbocycles. The fourth-order valence-electron chi connectivity index (χ4n) is 2.55. The van der Waals surface area contributed by atoms with E-state index in [1.54, 1.807) is 11.8 Å². The summed E-state index contributed by atoms with van der Waals surface area (Å²) >= 11 is 1.80. The molecule has 0 aromatic heterocycles. The highest BCUT2D eigenvalue weighted by Gasteiger charge is 2.44.